The molecule has 0 spiro atoms. The molecule has 4 rings (SSSR count). The highest BCUT2D eigenvalue weighted by atomic mass is 32.2. The van der Waals surface area contributed by atoms with Crippen LogP contribution in [0.4, 0.5) is 5.69 Å². The molecule has 0 bridgehead atoms. The van der Waals surface area contributed by atoms with Crippen LogP contribution in [0.1, 0.15) is 72.1 Å². The molecule has 4 N–H and O–H groups in total. The Morgan fingerprint density at radius 3 is 2.52 bits per heavy atom. The molecule has 7 nitrogen and oxygen atoms in total. The van der Waals surface area contributed by atoms with Gasteiger partial charge in [-0.05, 0) is 68.1 Å². The van der Waals surface area contributed by atoms with Crippen molar-refractivity contribution >= 4 is 21.6 Å². The Bertz CT molecular complexity index is 1090. The third-order valence-electron chi connectivity index (χ3n) is 6.05. The Balaban J connectivity index is 1.79. The Morgan fingerprint density at radius 2 is 2.00 bits per heavy atom. The minimum atomic E-state index is -4.28. The van der Waals surface area contributed by atoms with Crippen molar-refractivity contribution in [2.24, 2.45) is 11.1 Å². The lowest BCUT2D eigenvalue weighted by Gasteiger charge is -2.28. The summed E-state index contributed by atoms with van der Waals surface area (Å²) in [6.07, 6.45) is 5.24. The summed E-state index contributed by atoms with van der Waals surface area (Å²) in [6.45, 7) is 5.07. The van der Waals surface area contributed by atoms with Gasteiger partial charge in [0, 0.05) is 11.3 Å². The number of fused-ring (bicyclic) bond motifs is 1. The normalized spacial score (nSPS) is 17.4. The molecule has 1 saturated carbocycles. The maximum Gasteiger partial charge on any atom is 0.272 e. The van der Waals surface area contributed by atoms with Crippen LogP contribution in [0.5, 0.6) is 0 Å². The van der Waals surface area contributed by atoms with Crippen molar-refractivity contribution in [3.8, 4) is 0 Å². The van der Waals surface area contributed by atoms with E-state index in [9.17, 15) is 18.3 Å². The average molecular weight is 419 g/mol. The quantitative estimate of drug-likeness (QED) is 0.665. The summed E-state index contributed by atoms with van der Waals surface area (Å²) in [5, 5.41) is 18.0. The van der Waals surface area contributed by atoms with Gasteiger partial charge in [-0.25, -0.2) is 13.6 Å². The van der Waals surface area contributed by atoms with Crippen molar-refractivity contribution in [1.29, 1.82) is 0 Å². The molecule has 0 radical (unpaired) electrons. The van der Waals surface area contributed by atoms with E-state index in [1.54, 1.807) is 0 Å². The maximum atomic E-state index is 13.3. The second-order valence-electron chi connectivity index (χ2n) is 8.66. The number of aryl methyl sites for hydroxylation is 1. The highest BCUT2D eigenvalue weighted by Crippen LogP contribution is 2.47. The van der Waals surface area contributed by atoms with Crippen LogP contribution in [-0.2, 0) is 28.5 Å². The van der Waals surface area contributed by atoms with Crippen molar-refractivity contribution in [3.63, 3.8) is 0 Å². The van der Waals surface area contributed by atoms with Gasteiger partial charge in [-0.1, -0.05) is 19.1 Å². The molecule has 1 aromatic carbocycles. The second kappa shape index (κ2) is 6.68. The average Bonchev–Trinajstić information content (AvgIpc) is 3.30. The summed E-state index contributed by atoms with van der Waals surface area (Å²) >= 11 is 0. The highest BCUT2D eigenvalue weighted by Gasteiger charge is 2.36. The van der Waals surface area contributed by atoms with E-state index in [1.807, 2.05) is 0 Å². The first kappa shape index (κ1) is 20.1. The topological polar surface area (TPSA) is 123 Å². The molecule has 1 heterocycles. The zero-order valence-electron chi connectivity index (χ0n) is 16.8. The Hall–Kier alpha value is -2.16. The first-order valence-corrected chi connectivity index (χ1v) is 11.4. The number of carbonyl (C=O) groups is 1. The Morgan fingerprint density at radius 1 is 1.31 bits per heavy atom. The largest absolute Gasteiger partial charge is 0.451 e. The summed E-state index contributed by atoms with van der Waals surface area (Å²) in [7, 11) is -4.28. The summed E-state index contributed by atoms with van der Waals surface area (Å²) in [4.78, 5) is 13.3. The SMILES string of the molecule is CC(c1ccc2c(c1NC(=O)c1c(C(C)(C)O)coc1S(N)(=O)=O)CC2)C1CC1. The molecule has 1 fully saturated rings. The number of primary sulfonamides is 1. The van der Waals surface area contributed by atoms with E-state index in [0.717, 1.165) is 35.9 Å². The van der Waals surface area contributed by atoms with E-state index in [-0.39, 0.29) is 11.1 Å². The molecule has 1 aromatic heterocycles. The minimum Gasteiger partial charge on any atom is -0.451 e. The fourth-order valence-electron chi connectivity index (χ4n) is 4.08. The number of sulfonamides is 1. The van der Waals surface area contributed by atoms with Gasteiger partial charge in [0.05, 0.1) is 11.9 Å². The molecule has 1 amide bonds. The van der Waals surface area contributed by atoms with E-state index >= 15 is 0 Å². The van der Waals surface area contributed by atoms with Crippen molar-refractivity contribution in [1.82, 2.24) is 0 Å². The third-order valence-corrected chi connectivity index (χ3v) is 6.86. The number of carbonyl (C=O) groups excluding carboxylic acids is 1. The molecule has 2 aromatic rings. The van der Waals surface area contributed by atoms with Crippen LogP contribution >= 0.6 is 0 Å². The number of nitrogens with one attached hydrogen (secondary N) is 1. The van der Waals surface area contributed by atoms with Gasteiger partial charge in [-0.3, -0.25) is 4.79 Å². The molecule has 1 unspecified atom stereocenters. The van der Waals surface area contributed by atoms with Crippen molar-refractivity contribution < 1.29 is 22.7 Å². The number of anilines is 1. The van der Waals surface area contributed by atoms with Crippen LogP contribution in [0.3, 0.4) is 0 Å². The van der Waals surface area contributed by atoms with Crippen molar-refractivity contribution in [2.75, 3.05) is 5.32 Å². The molecule has 0 aliphatic heterocycles. The van der Waals surface area contributed by atoms with Crippen molar-refractivity contribution in [2.45, 2.75) is 63.1 Å². The van der Waals surface area contributed by atoms with E-state index in [4.69, 9.17) is 9.56 Å². The van der Waals surface area contributed by atoms with Gasteiger partial charge in [-0.15, -0.1) is 0 Å². The van der Waals surface area contributed by atoms with E-state index in [0.29, 0.717) is 11.8 Å². The molecule has 1 atom stereocenters. The van der Waals surface area contributed by atoms with Gasteiger partial charge in [0.2, 0.25) is 5.09 Å². The summed E-state index contributed by atoms with van der Waals surface area (Å²) in [5.41, 5.74) is 2.44. The number of benzene rings is 1. The molecule has 2 aliphatic rings. The number of amides is 1. The van der Waals surface area contributed by atoms with E-state index < -0.39 is 26.6 Å². The fourth-order valence-corrected chi connectivity index (χ4v) is 4.75. The van der Waals surface area contributed by atoms with Crippen LogP contribution in [0.15, 0.2) is 27.9 Å². The van der Waals surface area contributed by atoms with Gasteiger partial charge < -0.3 is 14.8 Å². The van der Waals surface area contributed by atoms with Crippen LogP contribution in [0, 0.1) is 5.92 Å². The number of furan rings is 1. The number of rotatable bonds is 6. The number of nitrogens with two attached hydrogens (primary N) is 1. The lowest BCUT2D eigenvalue weighted by Crippen LogP contribution is -2.26. The minimum absolute atomic E-state index is 0.0746. The molecular weight excluding hydrogens is 392 g/mol. The summed E-state index contributed by atoms with van der Waals surface area (Å²) in [6, 6.07) is 4.17. The highest BCUT2D eigenvalue weighted by molar-refractivity contribution is 7.89. The Labute approximate surface area is 170 Å². The number of aliphatic hydroxyl groups is 1. The Kier molecular flexibility index (Phi) is 4.64. The van der Waals surface area contributed by atoms with Crippen LogP contribution < -0.4 is 10.5 Å². The molecule has 8 heteroatoms. The smallest absolute Gasteiger partial charge is 0.272 e. The van der Waals surface area contributed by atoms with Crippen LogP contribution in [-0.4, -0.2) is 19.4 Å². The monoisotopic (exact) mass is 418 g/mol. The zero-order valence-corrected chi connectivity index (χ0v) is 17.6. The molecule has 29 heavy (non-hydrogen) atoms. The molecule has 2 aliphatic carbocycles. The van der Waals surface area contributed by atoms with E-state index in [2.05, 4.69) is 24.4 Å². The number of hydrogen-bond donors (Lipinski definition) is 3. The van der Waals surface area contributed by atoms with Gasteiger partial charge in [-0.2, -0.15) is 0 Å². The lowest BCUT2D eigenvalue weighted by atomic mass is 9.81. The molecular formula is C21H26N2O5S. The zero-order chi connectivity index (χ0) is 21.1. The lowest BCUT2D eigenvalue weighted by molar-refractivity contribution is 0.0754. The predicted molar refractivity (Wildman–Crippen MR) is 108 cm³/mol. The van der Waals surface area contributed by atoms with Crippen molar-refractivity contribution in [3.05, 3.63) is 46.2 Å². The first-order valence-electron chi connectivity index (χ1n) is 9.81. The predicted octanol–water partition coefficient (Wildman–Crippen LogP) is 3.02. The van der Waals surface area contributed by atoms with E-state index in [1.165, 1.54) is 32.3 Å². The van der Waals surface area contributed by atoms with Gasteiger partial charge >= 0.3 is 0 Å². The van der Waals surface area contributed by atoms with Gasteiger partial charge in [0.1, 0.15) is 5.56 Å². The third kappa shape index (κ3) is 3.60. The summed E-state index contributed by atoms with van der Waals surface area (Å²) < 4.78 is 29.1. The molecule has 0 saturated heterocycles. The van der Waals surface area contributed by atoms with Gasteiger partial charge in [0.15, 0.2) is 0 Å². The second-order valence-corrected chi connectivity index (χ2v) is 10.1. The van der Waals surface area contributed by atoms with Crippen LogP contribution in [0.25, 0.3) is 0 Å². The van der Waals surface area contributed by atoms with Crippen LogP contribution in [0.2, 0.25) is 0 Å². The molecule has 156 valence electrons. The summed E-state index contributed by atoms with van der Waals surface area (Å²) in [5.74, 6) is 0.251. The fraction of sp³-hybridized carbons (Fsp3) is 0.476. The van der Waals surface area contributed by atoms with Gasteiger partial charge in [0.25, 0.3) is 15.9 Å². The standard InChI is InChI=1S/C21H26N2O5S/c1-11(12-4-5-12)14-8-6-13-7-9-15(13)18(14)23-19(24)17-16(21(2,3)25)10-28-20(17)29(22,26)27/h6,8,10-12,25H,4-5,7,9H2,1-3H3,(H,23,24)(H2,22,26,27). The first-order chi connectivity index (χ1) is 13.5. The number of hydrogen-bond acceptors (Lipinski definition) is 5. The maximum absolute atomic E-state index is 13.3.